The molecule has 0 aliphatic rings. The van der Waals surface area contributed by atoms with Crippen molar-refractivity contribution in [1.29, 1.82) is 0 Å². The Kier molecular flexibility index (Phi) is 11.3. The molecule has 0 saturated carbocycles. The van der Waals surface area contributed by atoms with Crippen molar-refractivity contribution < 1.29 is 29.4 Å². The first-order valence-electron chi connectivity index (χ1n) is 15.4. The summed E-state index contributed by atoms with van der Waals surface area (Å²) in [5.74, 6) is -3.08. The van der Waals surface area contributed by atoms with Crippen molar-refractivity contribution in [1.82, 2.24) is 5.32 Å². The first-order chi connectivity index (χ1) is 24.1. The molecular formula is C39H34N4O6S. The summed E-state index contributed by atoms with van der Waals surface area (Å²) in [6.07, 6.45) is 1.61. The van der Waals surface area contributed by atoms with Gasteiger partial charge in [-0.25, -0.2) is 4.79 Å². The maximum absolute atomic E-state index is 13.5. The predicted octanol–water partition coefficient (Wildman–Crippen LogP) is 7.04. The summed E-state index contributed by atoms with van der Waals surface area (Å²) in [5, 5.41) is 26.9. The molecule has 0 aliphatic heterocycles. The molecule has 252 valence electrons. The Morgan fingerprint density at radius 1 is 0.740 bits per heavy atom. The maximum atomic E-state index is 13.5. The number of aromatic carboxylic acids is 1. The Morgan fingerprint density at radius 2 is 1.36 bits per heavy atom. The van der Waals surface area contributed by atoms with E-state index in [1.807, 2.05) is 73.6 Å². The van der Waals surface area contributed by atoms with Crippen molar-refractivity contribution in [2.75, 3.05) is 29.6 Å². The molecule has 0 fully saturated rings. The Labute approximate surface area is 293 Å². The minimum Gasteiger partial charge on any atom is -0.507 e. The standard InChI is InChI=1S/C39H34N4O6S/c1-43(2)30-18-13-25(14-19-30)23-33(42-36(45)27-11-7-4-8-12-27)37(46)40-28-15-20-31(21-16-28)50-35(26-9-5-3-6-10-26)38(47)41-29-17-22-34(44)32(24-29)39(48)49/h3-24,35,44H,1-2H3,(H,40,46)(H,41,47)(H,42,45)(H,48,49)/b33-23-. The summed E-state index contributed by atoms with van der Waals surface area (Å²) in [5.41, 5.74) is 3.24. The Balaban J connectivity index is 1.34. The maximum Gasteiger partial charge on any atom is 0.339 e. The molecule has 1 unspecified atom stereocenters. The average molecular weight is 687 g/mol. The fourth-order valence-corrected chi connectivity index (χ4v) is 5.85. The lowest BCUT2D eigenvalue weighted by molar-refractivity contribution is -0.116. The van der Waals surface area contributed by atoms with Crippen LogP contribution in [0.5, 0.6) is 5.75 Å². The topological polar surface area (TPSA) is 148 Å². The predicted molar refractivity (Wildman–Crippen MR) is 196 cm³/mol. The zero-order chi connectivity index (χ0) is 35.6. The molecule has 1 atom stereocenters. The number of carboxylic acid groups (broad SMARTS) is 1. The molecule has 3 amide bonds. The molecule has 0 aliphatic carbocycles. The average Bonchev–Trinajstić information content (AvgIpc) is 3.12. The van der Waals surface area contributed by atoms with Crippen LogP contribution in [0.1, 0.15) is 37.1 Å². The van der Waals surface area contributed by atoms with Crippen molar-refractivity contribution in [3.05, 3.63) is 155 Å². The van der Waals surface area contributed by atoms with E-state index < -0.39 is 34.7 Å². The summed E-state index contributed by atoms with van der Waals surface area (Å²) >= 11 is 1.27. The third-order valence-electron chi connectivity index (χ3n) is 7.45. The lowest BCUT2D eigenvalue weighted by Gasteiger charge is -2.18. The molecule has 10 nitrogen and oxygen atoms in total. The fraction of sp³-hybridized carbons (Fsp3) is 0.0769. The number of aromatic hydroxyl groups is 1. The normalized spacial score (nSPS) is 11.6. The minimum absolute atomic E-state index is 0.0519. The molecule has 0 saturated heterocycles. The van der Waals surface area contributed by atoms with Crippen molar-refractivity contribution >= 4 is 58.6 Å². The van der Waals surface area contributed by atoms with Gasteiger partial charge in [0.15, 0.2) is 0 Å². The number of anilines is 3. The van der Waals surface area contributed by atoms with Crippen LogP contribution in [0.3, 0.4) is 0 Å². The lowest BCUT2D eigenvalue weighted by Crippen LogP contribution is -2.30. The highest BCUT2D eigenvalue weighted by Crippen LogP contribution is 2.37. The molecule has 0 aromatic heterocycles. The van der Waals surface area contributed by atoms with Gasteiger partial charge in [0.2, 0.25) is 5.91 Å². The molecule has 0 heterocycles. The number of nitrogens with zero attached hydrogens (tertiary/aromatic N) is 1. The van der Waals surface area contributed by atoms with E-state index in [1.165, 1.54) is 30.0 Å². The molecule has 0 bridgehead atoms. The van der Waals surface area contributed by atoms with Gasteiger partial charge in [0.25, 0.3) is 11.8 Å². The van der Waals surface area contributed by atoms with Crippen LogP contribution < -0.4 is 20.9 Å². The second-order valence-corrected chi connectivity index (χ2v) is 12.5. The van der Waals surface area contributed by atoms with Crippen LogP contribution in [-0.2, 0) is 9.59 Å². The van der Waals surface area contributed by atoms with Gasteiger partial charge in [-0.05, 0) is 83.9 Å². The van der Waals surface area contributed by atoms with E-state index in [-0.39, 0.29) is 16.9 Å². The number of nitrogens with one attached hydrogen (secondary N) is 3. The quantitative estimate of drug-likeness (QED) is 0.0534. The SMILES string of the molecule is CN(C)c1ccc(/C=C(\NC(=O)c2ccccc2)C(=O)Nc2ccc(SC(C(=O)Nc3ccc(O)c(C(=O)O)c3)c3ccccc3)cc2)cc1. The number of phenols is 1. The Morgan fingerprint density at radius 3 is 1.98 bits per heavy atom. The highest BCUT2D eigenvalue weighted by atomic mass is 32.2. The van der Waals surface area contributed by atoms with Gasteiger partial charge >= 0.3 is 5.97 Å². The minimum atomic E-state index is -1.32. The van der Waals surface area contributed by atoms with Gasteiger partial charge in [-0.3, -0.25) is 14.4 Å². The highest BCUT2D eigenvalue weighted by molar-refractivity contribution is 8.00. The van der Waals surface area contributed by atoms with Gasteiger partial charge in [0.05, 0.1) is 0 Å². The summed E-state index contributed by atoms with van der Waals surface area (Å²) in [4.78, 5) is 54.3. The molecule has 0 radical (unpaired) electrons. The number of carbonyl (C=O) groups is 4. The number of amides is 3. The fourth-order valence-electron chi connectivity index (χ4n) is 4.82. The second-order valence-electron chi connectivity index (χ2n) is 11.3. The van der Waals surface area contributed by atoms with Crippen molar-refractivity contribution in [3.8, 4) is 5.75 Å². The summed E-state index contributed by atoms with van der Waals surface area (Å²) in [6, 6.07) is 36.0. The van der Waals surface area contributed by atoms with Crippen molar-refractivity contribution in [2.24, 2.45) is 0 Å². The third-order valence-corrected chi connectivity index (χ3v) is 8.72. The summed E-state index contributed by atoms with van der Waals surface area (Å²) < 4.78 is 0. The van der Waals surface area contributed by atoms with E-state index in [0.717, 1.165) is 16.1 Å². The molecule has 5 rings (SSSR count). The van der Waals surface area contributed by atoms with Gasteiger partial charge < -0.3 is 31.1 Å². The van der Waals surface area contributed by atoms with Crippen LogP contribution in [0.15, 0.2) is 138 Å². The van der Waals surface area contributed by atoms with E-state index in [9.17, 15) is 29.4 Å². The highest BCUT2D eigenvalue weighted by Gasteiger charge is 2.23. The van der Waals surface area contributed by atoms with Gasteiger partial charge in [-0.2, -0.15) is 0 Å². The van der Waals surface area contributed by atoms with Crippen LogP contribution in [0.4, 0.5) is 17.1 Å². The van der Waals surface area contributed by atoms with Gasteiger partial charge in [0.1, 0.15) is 22.3 Å². The first kappa shape index (κ1) is 35.0. The third kappa shape index (κ3) is 9.18. The molecule has 5 aromatic carbocycles. The largest absolute Gasteiger partial charge is 0.507 e. The van der Waals surface area contributed by atoms with Crippen LogP contribution in [0.25, 0.3) is 6.08 Å². The molecule has 0 spiro atoms. The number of thioether (sulfide) groups is 1. The summed E-state index contributed by atoms with van der Waals surface area (Å²) in [7, 11) is 3.86. The molecule has 50 heavy (non-hydrogen) atoms. The van der Waals surface area contributed by atoms with Gasteiger partial charge in [-0.1, -0.05) is 60.7 Å². The van der Waals surface area contributed by atoms with E-state index in [4.69, 9.17) is 0 Å². The number of hydrogen-bond donors (Lipinski definition) is 5. The second kappa shape index (κ2) is 16.2. The lowest BCUT2D eigenvalue weighted by atomic mass is 10.1. The number of hydrogen-bond acceptors (Lipinski definition) is 7. The molecule has 11 heteroatoms. The Hall–Kier alpha value is -6.33. The van der Waals surface area contributed by atoms with E-state index >= 15 is 0 Å². The van der Waals surface area contributed by atoms with E-state index in [0.29, 0.717) is 16.8 Å². The Bertz CT molecular complexity index is 2020. The number of rotatable bonds is 12. The molecule has 5 aromatic rings. The van der Waals surface area contributed by atoms with Gasteiger partial charge in [0, 0.05) is 41.6 Å². The number of carbonyl (C=O) groups excluding carboxylic acids is 3. The van der Waals surface area contributed by atoms with Crippen molar-refractivity contribution in [3.63, 3.8) is 0 Å². The van der Waals surface area contributed by atoms with E-state index in [1.54, 1.807) is 60.7 Å². The number of carboxylic acids is 1. The monoisotopic (exact) mass is 686 g/mol. The summed E-state index contributed by atoms with van der Waals surface area (Å²) in [6.45, 7) is 0. The smallest absolute Gasteiger partial charge is 0.339 e. The molecular weight excluding hydrogens is 653 g/mol. The zero-order valence-corrected chi connectivity index (χ0v) is 28.0. The van der Waals surface area contributed by atoms with Gasteiger partial charge in [-0.15, -0.1) is 11.8 Å². The number of benzene rings is 5. The van der Waals surface area contributed by atoms with Crippen LogP contribution in [0, 0.1) is 0 Å². The van der Waals surface area contributed by atoms with E-state index in [2.05, 4.69) is 16.0 Å². The first-order valence-corrected chi connectivity index (χ1v) is 16.3. The zero-order valence-electron chi connectivity index (χ0n) is 27.2. The molecule has 5 N–H and O–H groups in total. The van der Waals surface area contributed by atoms with Crippen molar-refractivity contribution in [2.45, 2.75) is 10.1 Å². The van der Waals surface area contributed by atoms with Crippen LogP contribution >= 0.6 is 11.8 Å². The van der Waals surface area contributed by atoms with Crippen LogP contribution in [0.2, 0.25) is 0 Å². The van der Waals surface area contributed by atoms with Crippen LogP contribution in [-0.4, -0.2) is 48.0 Å².